The molecule has 1 aromatic heterocycles. The summed E-state index contributed by atoms with van der Waals surface area (Å²) in [6.07, 6.45) is 0.851. The van der Waals surface area contributed by atoms with Gasteiger partial charge in [-0.15, -0.1) is 11.3 Å². The van der Waals surface area contributed by atoms with E-state index in [1.54, 1.807) is 19.5 Å². The Bertz CT molecular complexity index is 370. The van der Waals surface area contributed by atoms with E-state index < -0.39 is 0 Å². The van der Waals surface area contributed by atoms with E-state index in [9.17, 15) is 4.79 Å². The first-order valence-corrected chi connectivity index (χ1v) is 7.08. The molecule has 6 nitrogen and oxygen atoms in total. The van der Waals surface area contributed by atoms with Gasteiger partial charge in [-0.2, -0.15) is 0 Å². The number of hydrogen-bond donors (Lipinski definition) is 1. The molecule has 0 saturated heterocycles. The first-order chi connectivity index (χ1) is 9.29. The van der Waals surface area contributed by atoms with Crippen molar-refractivity contribution in [2.45, 2.75) is 13.3 Å². The quantitative estimate of drug-likeness (QED) is 0.523. The molecule has 1 heterocycles. The van der Waals surface area contributed by atoms with Crippen molar-refractivity contribution >= 4 is 22.3 Å². The zero-order valence-corrected chi connectivity index (χ0v) is 12.1. The number of rotatable bonds is 10. The van der Waals surface area contributed by atoms with Crippen molar-refractivity contribution in [2.24, 2.45) is 0 Å². The fourth-order valence-corrected chi connectivity index (χ4v) is 2.03. The Morgan fingerprint density at radius 2 is 2.26 bits per heavy atom. The average molecular weight is 288 g/mol. The van der Waals surface area contributed by atoms with Crippen molar-refractivity contribution in [3.8, 4) is 0 Å². The molecule has 0 saturated carbocycles. The second kappa shape index (κ2) is 9.71. The molecule has 0 radical (unpaired) electrons. The molecule has 0 bridgehead atoms. The topological polar surface area (TPSA) is 69.7 Å². The first-order valence-electron chi connectivity index (χ1n) is 6.20. The number of aromatic nitrogens is 1. The van der Waals surface area contributed by atoms with Gasteiger partial charge in [0.2, 0.25) is 0 Å². The maximum atomic E-state index is 11.6. The van der Waals surface area contributed by atoms with Gasteiger partial charge in [-0.1, -0.05) is 0 Å². The highest BCUT2D eigenvalue weighted by Crippen LogP contribution is 2.20. The molecule has 19 heavy (non-hydrogen) atoms. The highest BCUT2D eigenvalue weighted by Gasteiger charge is 2.15. The summed E-state index contributed by atoms with van der Waals surface area (Å²) in [6.45, 7) is 4.71. The lowest BCUT2D eigenvalue weighted by Gasteiger charge is -2.06. The van der Waals surface area contributed by atoms with Gasteiger partial charge in [-0.3, -0.25) is 0 Å². The van der Waals surface area contributed by atoms with Crippen molar-refractivity contribution in [2.75, 3.05) is 45.4 Å². The Balaban J connectivity index is 2.22. The number of thiazole rings is 1. The van der Waals surface area contributed by atoms with E-state index in [1.807, 2.05) is 0 Å². The lowest BCUT2D eigenvalue weighted by atomic mass is 10.4. The smallest absolute Gasteiger partial charge is 0.360 e. The number of carbonyl (C=O) groups is 1. The summed E-state index contributed by atoms with van der Waals surface area (Å²) in [6, 6.07) is 0. The van der Waals surface area contributed by atoms with Gasteiger partial charge in [-0.25, -0.2) is 9.78 Å². The zero-order valence-electron chi connectivity index (χ0n) is 11.3. The largest absolute Gasteiger partial charge is 0.461 e. The van der Waals surface area contributed by atoms with Crippen LogP contribution in [0.4, 0.5) is 5.00 Å². The van der Waals surface area contributed by atoms with Crippen LogP contribution in [0.2, 0.25) is 0 Å². The van der Waals surface area contributed by atoms with Crippen LogP contribution >= 0.6 is 11.3 Å². The van der Waals surface area contributed by atoms with Crippen LogP contribution in [0.25, 0.3) is 0 Å². The minimum atomic E-state index is -0.386. The van der Waals surface area contributed by atoms with E-state index in [0.717, 1.165) is 18.0 Å². The third-order valence-electron chi connectivity index (χ3n) is 2.22. The summed E-state index contributed by atoms with van der Waals surface area (Å²) >= 11 is 1.39. The number of nitrogens with zero attached hydrogens (tertiary/aromatic N) is 1. The van der Waals surface area contributed by atoms with E-state index in [1.165, 1.54) is 11.3 Å². The third-order valence-corrected chi connectivity index (χ3v) is 3.00. The molecule has 108 valence electrons. The summed E-state index contributed by atoms with van der Waals surface area (Å²) in [5, 5.41) is 3.91. The summed E-state index contributed by atoms with van der Waals surface area (Å²) in [7, 11) is 1.64. The third kappa shape index (κ3) is 6.00. The van der Waals surface area contributed by atoms with Gasteiger partial charge in [0.15, 0.2) is 5.69 Å². The lowest BCUT2D eigenvalue weighted by Crippen LogP contribution is -2.11. The Kier molecular flexibility index (Phi) is 8.11. The molecule has 0 unspecified atom stereocenters. The molecule has 0 aliphatic carbocycles. The molecule has 0 aliphatic heterocycles. The van der Waals surface area contributed by atoms with Gasteiger partial charge in [-0.05, 0) is 13.3 Å². The predicted molar refractivity (Wildman–Crippen MR) is 73.9 cm³/mol. The Morgan fingerprint density at radius 3 is 3.00 bits per heavy atom. The summed E-state index contributed by atoms with van der Waals surface area (Å²) < 4.78 is 15.1. The van der Waals surface area contributed by atoms with Crippen LogP contribution in [0, 0.1) is 0 Å². The lowest BCUT2D eigenvalue weighted by molar-refractivity contribution is 0.0521. The Hall–Kier alpha value is -1.18. The first kappa shape index (κ1) is 15.9. The van der Waals surface area contributed by atoms with Crippen molar-refractivity contribution in [3.63, 3.8) is 0 Å². The van der Waals surface area contributed by atoms with Crippen LogP contribution in [0.15, 0.2) is 5.51 Å². The molecular weight excluding hydrogens is 268 g/mol. The van der Waals surface area contributed by atoms with E-state index >= 15 is 0 Å². The normalized spacial score (nSPS) is 10.4. The molecular formula is C12H20N2O4S. The van der Waals surface area contributed by atoms with Gasteiger partial charge in [0.05, 0.1) is 25.3 Å². The molecule has 0 atom stereocenters. The molecule has 0 aliphatic rings. The molecule has 7 heteroatoms. The van der Waals surface area contributed by atoms with Gasteiger partial charge >= 0.3 is 5.97 Å². The molecule has 0 amide bonds. The Morgan fingerprint density at radius 1 is 1.42 bits per heavy atom. The van der Waals surface area contributed by atoms with Crippen LogP contribution in [-0.2, 0) is 14.2 Å². The number of anilines is 1. The fraction of sp³-hybridized carbons (Fsp3) is 0.667. The van der Waals surface area contributed by atoms with Crippen molar-refractivity contribution in [1.82, 2.24) is 4.98 Å². The van der Waals surface area contributed by atoms with Crippen molar-refractivity contribution < 1.29 is 19.0 Å². The van der Waals surface area contributed by atoms with E-state index in [0.29, 0.717) is 32.1 Å². The Labute approximate surface area is 117 Å². The minimum Gasteiger partial charge on any atom is -0.461 e. The molecule has 0 fully saturated rings. The van der Waals surface area contributed by atoms with Crippen LogP contribution in [0.5, 0.6) is 0 Å². The second-order valence-corrected chi connectivity index (χ2v) is 4.49. The van der Waals surface area contributed by atoms with Gasteiger partial charge in [0, 0.05) is 20.3 Å². The highest BCUT2D eigenvalue weighted by atomic mass is 32.1. The SMILES string of the molecule is CCOC(=O)c1ncsc1NCCCOCCOC. The van der Waals surface area contributed by atoms with Crippen molar-refractivity contribution in [3.05, 3.63) is 11.2 Å². The molecule has 1 N–H and O–H groups in total. The number of hydrogen-bond acceptors (Lipinski definition) is 7. The average Bonchev–Trinajstić information content (AvgIpc) is 2.86. The second-order valence-electron chi connectivity index (χ2n) is 3.64. The van der Waals surface area contributed by atoms with Crippen LogP contribution in [0.1, 0.15) is 23.8 Å². The molecule has 0 aromatic carbocycles. The summed E-state index contributed by atoms with van der Waals surface area (Å²) in [5.41, 5.74) is 1.98. The fourth-order valence-electron chi connectivity index (χ4n) is 1.34. The summed E-state index contributed by atoms with van der Waals surface area (Å²) in [4.78, 5) is 15.6. The van der Waals surface area contributed by atoms with E-state index in [2.05, 4.69) is 10.3 Å². The van der Waals surface area contributed by atoms with Gasteiger partial charge in [0.1, 0.15) is 5.00 Å². The van der Waals surface area contributed by atoms with E-state index in [4.69, 9.17) is 14.2 Å². The number of methoxy groups -OCH3 is 1. The van der Waals surface area contributed by atoms with E-state index in [-0.39, 0.29) is 5.97 Å². The standard InChI is InChI=1S/C12H20N2O4S/c1-3-18-12(15)10-11(19-9-14-10)13-5-4-6-17-8-7-16-2/h9,13H,3-8H2,1-2H3. The maximum Gasteiger partial charge on any atom is 0.360 e. The number of ether oxygens (including phenoxy) is 3. The molecule has 1 aromatic rings. The van der Waals surface area contributed by atoms with Crippen molar-refractivity contribution in [1.29, 1.82) is 0 Å². The van der Waals surface area contributed by atoms with Crippen LogP contribution in [0.3, 0.4) is 0 Å². The van der Waals surface area contributed by atoms with Gasteiger partial charge < -0.3 is 19.5 Å². The highest BCUT2D eigenvalue weighted by molar-refractivity contribution is 7.14. The van der Waals surface area contributed by atoms with Crippen LogP contribution < -0.4 is 5.32 Å². The predicted octanol–water partition coefficient (Wildman–Crippen LogP) is 1.78. The summed E-state index contributed by atoms with van der Waals surface area (Å²) in [5.74, 6) is -0.386. The molecule has 1 rings (SSSR count). The number of carbonyl (C=O) groups excluding carboxylic acids is 1. The minimum absolute atomic E-state index is 0.350. The monoisotopic (exact) mass is 288 g/mol. The maximum absolute atomic E-state index is 11.6. The molecule has 0 spiro atoms. The van der Waals surface area contributed by atoms with Gasteiger partial charge in [0.25, 0.3) is 0 Å². The number of nitrogens with one attached hydrogen (secondary N) is 1. The van der Waals surface area contributed by atoms with Crippen LogP contribution in [-0.4, -0.2) is 51.0 Å². The number of esters is 1. The zero-order chi connectivity index (χ0) is 13.9.